The van der Waals surface area contributed by atoms with Crippen LogP contribution in [0.4, 0.5) is 0 Å². The fourth-order valence-corrected chi connectivity index (χ4v) is 2.79. The van der Waals surface area contributed by atoms with Crippen molar-refractivity contribution >= 4 is 29.6 Å². The molecule has 0 heterocycles. The van der Waals surface area contributed by atoms with E-state index in [9.17, 15) is 4.79 Å². The molecule has 1 rings (SSSR count). The van der Waals surface area contributed by atoms with Crippen LogP contribution in [-0.2, 0) is 4.79 Å². The van der Waals surface area contributed by atoms with E-state index in [-0.39, 0.29) is 5.78 Å². The maximum absolute atomic E-state index is 10.8. The van der Waals surface area contributed by atoms with Crippen molar-refractivity contribution in [2.24, 2.45) is 0 Å². The quantitative estimate of drug-likeness (QED) is 0.686. The number of carbonyl (C=O) groups is 1. The highest BCUT2D eigenvalue weighted by Crippen LogP contribution is 2.39. The number of rotatable bonds is 3. The van der Waals surface area contributed by atoms with Gasteiger partial charge < -0.3 is 0 Å². The van der Waals surface area contributed by atoms with E-state index < -0.39 is 7.27 Å². The topological polar surface area (TPSA) is 17.1 Å². The Morgan fingerprint density at radius 2 is 2.00 bits per heavy atom. The fourth-order valence-electron chi connectivity index (χ4n) is 0.877. The third-order valence-electron chi connectivity index (χ3n) is 1.40. The number of benzene rings is 1. The van der Waals surface area contributed by atoms with Crippen LogP contribution in [-0.4, -0.2) is 11.9 Å². The second kappa shape index (κ2) is 4.59. The van der Waals surface area contributed by atoms with Gasteiger partial charge in [0, 0.05) is 13.4 Å². The Bertz CT molecular complexity index is 260. The lowest BCUT2D eigenvalue weighted by Crippen LogP contribution is -2.03. The molecule has 0 fully saturated rings. The lowest BCUT2D eigenvalue weighted by Gasteiger charge is -2.06. The monoisotopic (exact) mass is 200 g/mol. The average molecular weight is 201 g/mol. The van der Waals surface area contributed by atoms with Crippen LogP contribution in [0.3, 0.4) is 0 Å². The number of halogens is 1. The zero-order chi connectivity index (χ0) is 8.97. The molecule has 3 heteroatoms. The zero-order valence-electron chi connectivity index (χ0n) is 6.83. The van der Waals surface area contributed by atoms with E-state index in [1.807, 2.05) is 30.3 Å². The second-order valence-electron chi connectivity index (χ2n) is 2.56. The predicted octanol–water partition coefficient (Wildman–Crippen LogP) is 2.54. The summed E-state index contributed by atoms with van der Waals surface area (Å²) in [5, 5.41) is 1.07. The SMILES string of the molecule is CC(=O)CP(Cl)c1ccccc1. The summed E-state index contributed by atoms with van der Waals surface area (Å²) in [7, 11) is -0.792. The Hall–Kier alpha value is -0.390. The van der Waals surface area contributed by atoms with Crippen LogP contribution in [0.2, 0.25) is 0 Å². The van der Waals surface area contributed by atoms with Crippen LogP contribution >= 0.6 is 18.5 Å². The molecule has 1 aromatic rings. The summed E-state index contributed by atoms with van der Waals surface area (Å²) in [6.07, 6.45) is 0.473. The molecule has 0 aliphatic rings. The van der Waals surface area contributed by atoms with Gasteiger partial charge in [0.2, 0.25) is 0 Å². The highest BCUT2D eigenvalue weighted by molar-refractivity contribution is 7.90. The molecule has 0 aliphatic carbocycles. The minimum atomic E-state index is -0.792. The van der Waals surface area contributed by atoms with Gasteiger partial charge in [-0.1, -0.05) is 41.6 Å². The van der Waals surface area contributed by atoms with Crippen molar-refractivity contribution in [2.75, 3.05) is 6.16 Å². The van der Waals surface area contributed by atoms with Gasteiger partial charge in [-0.15, -0.1) is 0 Å². The molecule has 0 amide bonds. The summed E-state index contributed by atoms with van der Waals surface area (Å²) in [4.78, 5) is 10.8. The first kappa shape index (κ1) is 9.70. The van der Waals surface area contributed by atoms with Gasteiger partial charge in [-0.3, -0.25) is 4.79 Å². The summed E-state index contributed by atoms with van der Waals surface area (Å²) < 4.78 is 0. The maximum Gasteiger partial charge on any atom is 0.135 e. The van der Waals surface area contributed by atoms with Gasteiger partial charge >= 0.3 is 0 Å². The highest BCUT2D eigenvalue weighted by atomic mass is 35.7. The molecule has 0 bridgehead atoms. The molecule has 1 atom stereocenters. The molecule has 0 radical (unpaired) electrons. The Kier molecular flexibility index (Phi) is 3.71. The molecule has 1 aromatic carbocycles. The van der Waals surface area contributed by atoms with E-state index in [2.05, 4.69) is 0 Å². The molecule has 12 heavy (non-hydrogen) atoms. The van der Waals surface area contributed by atoms with Crippen molar-refractivity contribution < 1.29 is 4.79 Å². The van der Waals surface area contributed by atoms with Gasteiger partial charge in [-0.25, -0.2) is 0 Å². The molecule has 0 saturated heterocycles. The van der Waals surface area contributed by atoms with E-state index in [1.54, 1.807) is 6.92 Å². The van der Waals surface area contributed by atoms with Crippen molar-refractivity contribution in [1.82, 2.24) is 0 Å². The van der Waals surface area contributed by atoms with E-state index in [0.29, 0.717) is 6.16 Å². The van der Waals surface area contributed by atoms with Crippen molar-refractivity contribution in [1.29, 1.82) is 0 Å². The van der Waals surface area contributed by atoms with Crippen LogP contribution in [0.25, 0.3) is 0 Å². The highest BCUT2D eigenvalue weighted by Gasteiger charge is 2.08. The number of ketones is 1. The lowest BCUT2D eigenvalue weighted by molar-refractivity contribution is -0.114. The number of hydrogen-bond acceptors (Lipinski definition) is 1. The normalized spacial score (nSPS) is 12.5. The third-order valence-corrected chi connectivity index (χ3v) is 3.92. The fraction of sp³-hybridized carbons (Fsp3) is 0.222. The average Bonchev–Trinajstić information content (AvgIpc) is 2.05. The van der Waals surface area contributed by atoms with Crippen molar-refractivity contribution in [3.8, 4) is 0 Å². The maximum atomic E-state index is 10.8. The van der Waals surface area contributed by atoms with Crippen LogP contribution < -0.4 is 5.30 Å². The molecular weight excluding hydrogens is 191 g/mol. The summed E-state index contributed by atoms with van der Waals surface area (Å²) in [6, 6.07) is 9.74. The first-order valence-electron chi connectivity index (χ1n) is 3.68. The van der Waals surface area contributed by atoms with E-state index in [0.717, 1.165) is 5.30 Å². The van der Waals surface area contributed by atoms with Gasteiger partial charge in [-0.05, 0) is 12.2 Å². The van der Waals surface area contributed by atoms with Crippen molar-refractivity contribution in [3.63, 3.8) is 0 Å². The molecule has 0 aromatic heterocycles. The number of hydrogen-bond donors (Lipinski definition) is 0. The van der Waals surface area contributed by atoms with Crippen molar-refractivity contribution in [2.45, 2.75) is 6.92 Å². The van der Waals surface area contributed by atoms with E-state index >= 15 is 0 Å². The first-order chi connectivity index (χ1) is 5.70. The Morgan fingerprint density at radius 1 is 1.42 bits per heavy atom. The number of carbonyl (C=O) groups excluding carboxylic acids is 1. The molecule has 0 aliphatic heterocycles. The second-order valence-corrected chi connectivity index (χ2v) is 5.34. The van der Waals surface area contributed by atoms with Crippen molar-refractivity contribution in [3.05, 3.63) is 30.3 Å². The Balaban J connectivity index is 2.65. The van der Waals surface area contributed by atoms with Crippen LogP contribution in [0, 0.1) is 0 Å². The molecule has 1 nitrogen and oxygen atoms in total. The molecule has 0 spiro atoms. The Labute approximate surface area is 78.3 Å². The van der Waals surface area contributed by atoms with Gasteiger partial charge in [0.05, 0.1) is 0 Å². The van der Waals surface area contributed by atoms with E-state index in [4.69, 9.17) is 11.2 Å². The summed E-state index contributed by atoms with van der Waals surface area (Å²) in [5.41, 5.74) is 0. The standard InChI is InChI=1S/C9H10ClOP/c1-8(11)7-12(10)9-5-3-2-4-6-9/h2-6H,7H2,1H3. The van der Waals surface area contributed by atoms with E-state index in [1.165, 1.54) is 0 Å². The molecule has 0 saturated carbocycles. The van der Waals surface area contributed by atoms with Gasteiger partial charge in [0.25, 0.3) is 0 Å². The van der Waals surface area contributed by atoms with Crippen LogP contribution in [0.15, 0.2) is 30.3 Å². The van der Waals surface area contributed by atoms with Gasteiger partial charge in [0.15, 0.2) is 0 Å². The Morgan fingerprint density at radius 3 is 2.50 bits per heavy atom. The van der Waals surface area contributed by atoms with Gasteiger partial charge in [-0.2, -0.15) is 0 Å². The van der Waals surface area contributed by atoms with Gasteiger partial charge in [0.1, 0.15) is 5.78 Å². The smallest absolute Gasteiger partial charge is 0.135 e. The third kappa shape index (κ3) is 2.92. The summed E-state index contributed by atoms with van der Waals surface area (Å²) >= 11 is 6.05. The minimum Gasteiger partial charge on any atom is -0.300 e. The largest absolute Gasteiger partial charge is 0.300 e. The lowest BCUT2D eigenvalue weighted by atomic mass is 10.4. The summed E-state index contributed by atoms with van der Waals surface area (Å²) in [6.45, 7) is 1.57. The first-order valence-corrected chi connectivity index (χ1v) is 6.11. The van der Waals surface area contributed by atoms with Crippen LogP contribution in [0.1, 0.15) is 6.92 Å². The summed E-state index contributed by atoms with van der Waals surface area (Å²) in [5.74, 6) is 0.153. The molecule has 1 unspecified atom stereocenters. The minimum absolute atomic E-state index is 0.153. The molecular formula is C9H10ClOP. The zero-order valence-corrected chi connectivity index (χ0v) is 8.48. The molecule has 0 N–H and O–H groups in total. The number of Topliss-reactive ketones (excluding diaryl/α,β-unsaturated/α-hetero) is 1. The predicted molar refractivity (Wildman–Crippen MR) is 54.4 cm³/mol. The van der Waals surface area contributed by atoms with Crippen LogP contribution in [0.5, 0.6) is 0 Å². The molecule has 64 valence electrons.